The molecule has 0 bridgehead atoms. The fraction of sp³-hybridized carbons (Fsp3) is 0.167. The number of fused-ring (bicyclic) bond motifs is 6. The summed E-state index contributed by atoms with van der Waals surface area (Å²) in [5, 5.41) is 20.8. The highest BCUT2D eigenvalue weighted by molar-refractivity contribution is 6.60. The van der Waals surface area contributed by atoms with Crippen molar-refractivity contribution in [3.63, 3.8) is 0 Å². The Labute approximate surface area is 236 Å². The van der Waals surface area contributed by atoms with Crippen LogP contribution in [0.2, 0.25) is 0 Å². The first-order valence-corrected chi connectivity index (χ1v) is 13.9. The van der Waals surface area contributed by atoms with Crippen LogP contribution in [0.1, 0.15) is 49.9 Å². The van der Waals surface area contributed by atoms with Crippen molar-refractivity contribution in [1.82, 2.24) is 0 Å². The van der Waals surface area contributed by atoms with E-state index in [1.807, 2.05) is 18.2 Å². The molecule has 0 atom stereocenters. The van der Waals surface area contributed by atoms with Gasteiger partial charge >= 0.3 is 7.12 Å². The first kappa shape index (κ1) is 24.9. The van der Waals surface area contributed by atoms with Crippen LogP contribution in [-0.4, -0.2) is 17.2 Å². The summed E-state index contributed by atoms with van der Waals surface area (Å²) < 4.78 is 0. The lowest BCUT2D eigenvalue weighted by atomic mass is 9.78. The SMILES string of the molecule is CC1(C)c2ccccc2-c2ccc(N(c3ccc4c(c3)C(C)(C)c3ccccc3-4)c3ccccc3B(O)O)cc21. The third-order valence-corrected chi connectivity index (χ3v) is 9.11. The Morgan fingerprint density at radius 2 is 0.925 bits per heavy atom. The summed E-state index contributed by atoms with van der Waals surface area (Å²) in [7, 11) is -1.59. The second kappa shape index (κ2) is 8.69. The maximum Gasteiger partial charge on any atom is 0.490 e. The van der Waals surface area contributed by atoms with Crippen molar-refractivity contribution in [2.75, 3.05) is 4.90 Å². The number of rotatable bonds is 4. The molecule has 2 N–H and O–H groups in total. The van der Waals surface area contributed by atoms with E-state index in [1.54, 1.807) is 6.07 Å². The molecule has 0 radical (unpaired) electrons. The van der Waals surface area contributed by atoms with Crippen LogP contribution >= 0.6 is 0 Å². The van der Waals surface area contributed by atoms with Gasteiger partial charge in [-0.1, -0.05) is 107 Å². The van der Waals surface area contributed by atoms with Gasteiger partial charge < -0.3 is 14.9 Å². The van der Waals surface area contributed by atoms with E-state index in [4.69, 9.17) is 0 Å². The lowest BCUT2D eigenvalue weighted by molar-refractivity contribution is 0.426. The quantitative estimate of drug-likeness (QED) is 0.242. The van der Waals surface area contributed by atoms with Crippen LogP contribution < -0.4 is 10.4 Å². The van der Waals surface area contributed by atoms with Crippen molar-refractivity contribution in [3.8, 4) is 22.3 Å². The topological polar surface area (TPSA) is 43.7 Å². The standard InChI is InChI=1S/C36H32BNO2/c1-35(2)29-13-7-5-11-25(29)27-19-17-23(21-31(27)35)38(34-16-10-9-15-33(34)37(39)40)24-18-20-28-26-12-6-8-14-30(26)36(3,4)32(28)22-24/h5-22,39-40H,1-4H3. The van der Waals surface area contributed by atoms with E-state index in [9.17, 15) is 10.0 Å². The summed E-state index contributed by atoms with van der Waals surface area (Å²) in [6, 6.07) is 38.2. The Kier molecular flexibility index (Phi) is 5.41. The van der Waals surface area contributed by atoms with Gasteiger partial charge in [-0.2, -0.15) is 0 Å². The van der Waals surface area contributed by atoms with Gasteiger partial charge in [-0.3, -0.25) is 0 Å². The van der Waals surface area contributed by atoms with Gasteiger partial charge in [0.2, 0.25) is 0 Å². The molecule has 0 aromatic heterocycles. The Morgan fingerprint density at radius 3 is 1.43 bits per heavy atom. The summed E-state index contributed by atoms with van der Waals surface area (Å²) in [4.78, 5) is 2.17. The van der Waals surface area contributed by atoms with Gasteiger partial charge in [0.1, 0.15) is 0 Å². The highest BCUT2D eigenvalue weighted by atomic mass is 16.4. The minimum atomic E-state index is -1.59. The molecule has 0 fully saturated rings. The largest absolute Gasteiger partial charge is 0.490 e. The third-order valence-electron chi connectivity index (χ3n) is 9.11. The van der Waals surface area contributed by atoms with Gasteiger partial charge in [0, 0.05) is 33.4 Å². The van der Waals surface area contributed by atoms with Crippen molar-refractivity contribution in [2.45, 2.75) is 38.5 Å². The molecule has 196 valence electrons. The second-order valence-electron chi connectivity index (χ2n) is 12.1. The molecule has 0 aliphatic heterocycles. The Balaban J connectivity index is 1.45. The lowest BCUT2D eigenvalue weighted by Gasteiger charge is -2.31. The summed E-state index contributed by atoms with van der Waals surface area (Å²) in [6.45, 7) is 9.14. The molecule has 2 aliphatic rings. The maximum atomic E-state index is 10.4. The van der Waals surface area contributed by atoms with Crippen molar-refractivity contribution in [2.24, 2.45) is 0 Å². The monoisotopic (exact) mass is 521 g/mol. The molecule has 40 heavy (non-hydrogen) atoms. The Morgan fingerprint density at radius 1 is 0.500 bits per heavy atom. The first-order valence-electron chi connectivity index (χ1n) is 13.9. The fourth-order valence-corrected chi connectivity index (χ4v) is 7.00. The molecule has 5 aromatic carbocycles. The number of para-hydroxylation sites is 1. The third kappa shape index (κ3) is 3.46. The summed E-state index contributed by atoms with van der Waals surface area (Å²) in [5.41, 5.74) is 13.2. The van der Waals surface area contributed by atoms with E-state index in [1.165, 1.54) is 44.5 Å². The zero-order valence-electron chi connectivity index (χ0n) is 23.3. The Bertz CT molecular complexity index is 1700. The lowest BCUT2D eigenvalue weighted by Crippen LogP contribution is -2.34. The molecule has 0 unspecified atom stereocenters. The van der Waals surface area contributed by atoms with Crippen LogP contribution in [0, 0.1) is 0 Å². The molecule has 2 aliphatic carbocycles. The average Bonchev–Trinajstić information content (AvgIpc) is 3.33. The molecule has 4 heteroatoms. The van der Waals surface area contributed by atoms with Crippen LogP contribution in [0.15, 0.2) is 109 Å². The zero-order chi connectivity index (χ0) is 27.8. The minimum Gasteiger partial charge on any atom is -0.423 e. The highest BCUT2D eigenvalue weighted by Crippen LogP contribution is 2.52. The number of nitrogens with zero attached hydrogens (tertiary/aromatic N) is 1. The van der Waals surface area contributed by atoms with E-state index in [0.29, 0.717) is 5.46 Å². The number of benzene rings is 5. The smallest absolute Gasteiger partial charge is 0.423 e. The van der Waals surface area contributed by atoms with Gasteiger partial charge in [-0.15, -0.1) is 0 Å². The molecular weight excluding hydrogens is 489 g/mol. The van der Waals surface area contributed by atoms with E-state index in [0.717, 1.165) is 17.1 Å². The molecule has 0 spiro atoms. The summed E-state index contributed by atoms with van der Waals surface area (Å²) in [6.07, 6.45) is 0. The van der Waals surface area contributed by atoms with Crippen LogP contribution in [0.5, 0.6) is 0 Å². The van der Waals surface area contributed by atoms with Gasteiger partial charge in [-0.25, -0.2) is 0 Å². The molecule has 7 rings (SSSR count). The molecule has 0 amide bonds. The van der Waals surface area contributed by atoms with Crippen LogP contribution in [0.3, 0.4) is 0 Å². The average molecular weight is 521 g/mol. The van der Waals surface area contributed by atoms with Crippen molar-refractivity contribution in [3.05, 3.63) is 131 Å². The molecule has 3 nitrogen and oxygen atoms in total. The fourth-order valence-electron chi connectivity index (χ4n) is 7.00. The van der Waals surface area contributed by atoms with E-state index in [-0.39, 0.29) is 10.8 Å². The minimum absolute atomic E-state index is 0.148. The molecule has 0 saturated heterocycles. The Hall–Kier alpha value is -4.12. The van der Waals surface area contributed by atoms with Gasteiger partial charge in [0.05, 0.1) is 0 Å². The molecular formula is C36H32BNO2. The predicted octanol–water partition coefficient (Wildman–Crippen LogP) is 7.45. The zero-order valence-corrected chi connectivity index (χ0v) is 23.3. The first-order chi connectivity index (χ1) is 19.2. The molecule has 0 heterocycles. The number of anilines is 3. The van der Waals surface area contributed by atoms with E-state index < -0.39 is 7.12 Å². The van der Waals surface area contributed by atoms with Crippen LogP contribution in [0.25, 0.3) is 22.3 Å². The van der Waals surface area contributed by atoms with Crippen LogP contribution in [-0.2, 0) is 10.8 Å². The predicted molar refractivity (Wildman–Crippen MR) is 166 cm³/mol. The van der Waals surface area contributed by atoms with Crippen molar-refractivity contribution < 1.29 is 10.0 Å². The van der Waals surface area contributed by atoms with E-state index >= 15 is 0 Å². The van der Waals surface area contributed by atoms with Gasteiger partial charge in [0.25, 0.3) is 0 Å². The molecule has 5 aromatic rings. The van der Waals surface area contributed by atoms with E-state index in [2.05, 4.69) is 118 Å². The summed E-state index contributed by atoms with van der Waals surface area (Å²) >= 11 is 0. The maximum absolute atomic E-state index is 10.4. The van der Waals surface area contributed by atoms with Crippen molar-refractivity contribution in [1.29, 1.82) is 0 Å². The number of hydrogen-bond acceptors (Lipinski definition) is 3. The highest BCUT2D eigenvalue weighted by Gasteiger charge is 2.38. The van der Waals surface area contributed by atoms with Gasteiger partial charge in [-0.05, 0) is 74.8 Å². The van der Waals surface area contributed by atoms with Gasteiger partial charge in [0.15, 0.2) is 0 Å². The second-order valence-corrected chi connectivity index (χ2v) is 12.1. The number of hydrogen-bond donors (Lipinski definition) is 2. The normalized spacial score (nSPS) is 15.2. The van der Waals surface area contributed by atoms with Crippen molar-refractivity contribution >= 4 is 29.6 Å². The van der Waals surface area contributed by atoms with Crippen LogP contribution in [0.4, 0.5) is 17.1 Å². The molecule has 0 saturated carbocycles. The summed E-state index contributed by atoms with van der Waals surface area (Å²) in [5.74, 6) is 0.